The molecule has 0 N–H and O–H groups in total. The topological polar surface area (TPSA) is 22.1 Å². The average Bonchev–Trinajstić information content (AvgIpc) is 2.31. The summed E-state index contributed by atoms with van der Waals surface area (Å²) in [5.41, 5.74) is 2.20. The fourth-order valence-corrected chi connectivity index (χ4v) is 2.07. The Balaban J connectivity index is 2.05. The molecule has 1 heterocycles. The molecule has 88 valence electrons. The van der Waals surface area contributed by atoms with E-state index in [4.69, 9.17) is 4.74 Å². The summed E-state index contributed by atoms with van der Waals surface area (Å²) in [7, 11) is 0. The standard InChI is InChI=1S/C13H11Br2NO/c1-9-4-12(2-3-13(9)15)17-8-10-5-11(14)7-16-6-10/h2-7H,8H2,1H3. The summed E-state index contributed by atoms with van der Waals surface area (Å²) in [6.45, 7) is 2.56. The van der Waals surface area contributed by atoms with Crippen molar-refractivity contribution >= 4 is 31.9 Å². The fraction of sp³-hybridized carbons (Fsp3) is 0.154. The third kappa shape index (κ3) is 3.54. The molecule has 2 aromatic rings. The average molecular weight is 357 g/mol. The highest BCUT2D eigenvalue weighted by molar-refractivity contribution is 9.10. The van der Waals surface area contributed by atoms with Crippen molar-refractivity contribution in [1.29, 1.82) is 0 Å². The van der Waals surface area contributed by atoms with Crippen molar-refractivity contribution in [2.45, 2.75) is 13.5 Å². The number of hydrogen-bond donors (Lipinski definition) is 0. The molecule has 0 spiro atoms. The Morgan fingerprint density at radius 3 is 2.71 bits per heavy atom. The highest BCUT2D eigenvalue weighted by atomic mass is 79.9. The summed E-state index contributed by atoms with van der Waals surface area (Å²) in [6.07, 6.45) is 3.56. The van der Waals surface area contributed by atoms with E-state index in [9.17, 15) is 0 Å². The lowest BCUT2D eigenvalue weighted by molar-refractivity contribution is 0.305. The monoisotopic (exact) mass is 355 g/mol. The molecule has 2 rings (SSSR count). The Bertz CT molecular complexity index is 529. The first kappa shape index (κ1) is 12.6. The van der Waals surface area contributed by atoms with Gasteiger partial charge in [-0.3, -0.25) is 4.98 Å². The van der Waals surface area contributed by atoms with Gasteiger partial charge in [-0.05, 0) is 52.7 Å². The Hall–Kier alpha value is -0.870. The summed E-state index contributed by atoms with van der Waals surface area (Å²) in [6, 6.07) is 7.94. The van der Waals surface area contributed by atoms with Crippen molar-refractivity contribution in [3.05, 3.63) is 56.7 Å². The molecule has 0 aliphatic carbocycles. The van der Waals surface area contributed by atoms with E-state index in [0.717, 1.165) is 25.8 Å². The highest BCUT2D eigenvalue weighted by Gasteiger charge is 2.00. The Kier molecular flexibility index (Phi) is 4.18. The predicted molar refractivity (Wildman–Crippen MR) is 75.1 cm³/mol. The SMILES string of the molecule is Cc1cc(OCc2cncc(Br)c2)ccc1Br. The van der Waals surface area contributed by atoms with Gasteiger partial charge in [0.15, 0.2) is 0 Å². The van der Waals surface area contributed by atoms with Gasteiger partial charge in [-0.25, -0.2) is 0 Å². The van der Waals surface area contributed by atoms with E-state index in [0.29, 0.717) is 6.61 Å². The van der Waals surface area contributed by atoms with E-state index in [1.54, 1.807) is 12.4 Å². The van der Waals surface area contributed by atoms with Gasteiger partial charge in [-0.1, -0.05) is 15.9 Å². The summed E-state index contributed by atoms with van der Waals surface area (Å²) in [4.78, 5) is 4.09. The van der Waals surface area contributed by atoms with Crippen LogP contribution in [0.4, 0.5) is 0 Å². The lowest BCUT2D eigenvalue weighted by Crippen LogP contribution is -1.96. The zero-order valence-electron chi connectivity index (χ0n) is 9.28. The van der Waals surface area contributed by atoms with Crippen molar-refractivity contribution in [2.75, 3.05) is 0 Å². The maximum Gasteiger partial charge on any atom is 0.120 e. The number of ether oxygens (including phenoxy) is 1. The van der Waals surface area contributed by atoms with Crippen molar-refractivity contribution < 1.29 is 4.74 Å². The number of benzene rings is 1. The normalized spacial score (nSPS) is 10.3. The second-order valence-electron chi connectivity index (χ2n) is 3.71. The molecule has 1 aromatic carbocycles. The lowest BCUT2D eigenvalue weighted by Gasteiger charge is -2.07. The van der Waals surface area contributed by atoms with E-state index in [2.05, 4.69) is 36.8 Å². The van der Waals surface area contributed by atoms with Gasteiger partial charge in [0.25, 0.3) is 0 Å². The van der Waals surface area contributed by atoms with Gasteiger partial charge < -0.3 is 4.74 Å². The second-order valence-corrected chi connectivity index (χ2v) is 5.48. The second kappa shape index (κ2) is 5.65. The molecule has 4 heteroatoms. The molecular formula is C13H11Br2NO. The highest BCUT2D eigenvalue weighted by Crippen LogP contribution is 2.22. The molecule has 0 atom stereocenters. The number of hydrogen-bond acceptors (Lipinski definition) is 2. The molecule has 0 aliphatic heterocycles. The summed E-state index contributed by atoms with van der Waals surface area (Å²) >= 11 is 6.85. The van der Waals surface area contributed by atoms with Crippen molar-refractivity contribution in [3.63, 3.8) is 0 Å². The van der Waals surface area contributed by atoms with E-state index < -0.39 is 0 Å². The molecule has 0 saturated carbocycles. The number of halogens is 2. The minimum atomic E-state index is 0.521. The van der Waals surface area contributed by atoms with Gasteiger partial charge in [-0.2, -0.15) is 0 Å². The van der Waals surface area contributed by atoms with Crippen LogP contribution in [0, 0.1) is 6.92 Å². The van der Waals surface area contributed by atoms with Gasteiger partial charge in [0.05, 0.1) is 0 Å². The number of nitrogens with zero attached hydrogens (tertiary/aromatic N) is 1. The number of aryl methyl sites for hydroxylation is 1. The first-order valence-corrected chi connectivity index (χ1v) is 6.72. The van der Waals surface area contributed by atoms with Crippen LogP contribution < -0.4 is 4.74 Å². The van der Waals surface area contributed by atoms with Crippen LogP contribution in [0.25, 0.3) is 0 Å². The molecule has 1 aromatic heterocycles. The fourth-order valence-electron chi connectivity index (χ4n) is 1.41. The molecule has 0 unspecified atom stereocenters. The number of rotatable bonds is 3. The molecule has 17 heavy (non-hydrogen) atoms. The maximum absolute atomic E-state index is 5.70. The summed E-state index contributed by atoms with van der Waals surface area (Å²) < 4.78 is 7.76. The molecule has 0 aliphatic rings. The maximum atomic E-state index is 5.70. The van der Waals surface area contributed by atoms with Crippen molar-refractivity contribution in [3.8, 4) is 5.75 Å². The van der Waals surface area contributed by atoms with Gasteiger partial charge in [-0.15, -0.1) is 0 Å². The summed E-state index contributed by atoms with van der Waals surface area (Å²) in [5.74, 6) is 0.866. The molecule has 0 saturated heterocycles. The predicted octanol–water partition coefficient (Wildman–Crippen LogP) is 4.49. The minimum absolute atomic E-state index is 0.521. The molecule has 0 amide bonds. The zero-order valence-corrected chi connectivity index (χ0v) is 12.5. The minimum Gasteiger partial charge on any atom is -0.489 e. The molecule has 0 radical (unpaired) electrons. The van der Waals surface area contributed by atoms with E-state index in [1.807, 2.05) is 31.2 Å². The zero-order chi connectivity index (χ0) is 12.3. The smallest absolute Gasteiger partial charge is 0.120 e. The van der Waals surface area contributed by atoms with Crippen molar-refractivity contribution in [1.82, 2.24) is 4.98 Å². The van der Waals surface area contributed by atoms with Crippen molar-refractivity contribution in [2.24, 2.45) is 0 Å². The molecule has 0 bridgehead atoms. The van der Waals surface area contributed by atoms with Crippen LogP contribution in [0.15, 0.2) is 45.6 Å². The molecule has 2 nitrogen and oxygen atoms in total. The van der Waals surface area contributed by atoms with Crippen LogP contribution in [-0.2, 0) is 6.61 Å². The first-order valence-electron chi connectivity index (χ1n) is 5.13. The third-order valence-electron chi connectivity index (χ3n) is 2.30. The van der Waals surface area contributed by atoms with Gasteiger partial charge in [0, 0.05) is 26.9 Å². The Morgan fingerprint density at radius 1 is 1.18 bits per heavy atom. The third-order valence-corrected chi connectivity index (χ3v) is 3.62. The molecule has 0 fully saturated rings. The van der Waals surface area contributed by atoms with E-state index >= 15 is 0 Å². The summed E-state index contributed by atoms with van der Waals surface area (Å²) in [5, 5.41) is 0. The van der Waals surface area contributed by atoms with Crippen LogP contribution in [0.3, 0.4) is 0 Å². The lowest BCUT2D eigenvalue weighted by atomic mass is 10.2. The van der Waals surface area contributed by atoms with Gasteiger partial charge >= 0.3 is 0 Å². The number of aromatic nitrogens is 1. The van der Waals surface area contributed by atoms with Gasteiger partial charge in [0.1, 0.15) is 12.4 Å². The largest absolute Gasteiger partial charge is 0.489 e. The van der Waals surface area contributed by atoms with E-state index in [1.165, 1.54) is 0 Å². The van der Waals surface area contributed by atoms with Crippen LogP contribution in [0.1, 0.15) is 11.1 Å². The quantitative estimate of drug-likeness (QED) is 0.808. The molecular weight excluding hydrogens is 346 g/mol. The Labute approximate surface area is 117 Å². The van der Waals surface area contributed by atoms with Gasteiger partial charge in [0.2, 0.25) is 0 Å². The van der Waals surface area contributed by atoms with Crippen LogP contribution in [0.2, 0.25) is 0 Å². The Morgan fingerprint density at radius 2 is 2.00 bits per heavy atom. The first-order chi connectivity index (χ1) is 8.15. The van der Waals surface area contributed by atoms with Crippen LogP contribution in [0.5, 0.6) is 5.75 Å². The van der Waals surface area contributed by atoms with E-state index in [-0.39, 0.29) is 0 Å². The van der Waals surface area contributed by atoms with Crippen LogP contribution in [-0.4, -0.2) is 4.98 Å². The van der Waals surface area contributed by atoms with Crippen LogP contribution >= 0.6 is 31.9 Å². The number of pyridine rings is 1.